The zero-order chi connectivity index (χ0) is 17.8. The summed E-state index contributed by atoms with van der Waals surface area (Å²) in [7, 11) is 4.27. The largest absolute Gasteiger partial charge is 0.336 e. The fourth-order valence-electron chi connectivity index (χ4n) is 4.12. The summed E-state index contributed by atoms with van der Waals surface area (Å²) < 4.78 is 4.52. The van der Waals surface area contributed by atoms with Gasteiger partial charge in [0.1, 0.15) is 12.6 Å². The van der Waals surface area contributed by atoms with E-state index in [2.05, 4.69) is 90.9 Å². The second-order valence-corrected chi connectivity index (χ2v) is 6.95. The Labute approximate surface area is 152 Å². The summed E-state index contributed by atoms with van der Waals surface area (Å²) in [6, 6.07) is 19.2. The summed E-state index contributed by atoms with van der Waals surface area (Å²) >= 11 is 0. The maximum Gasteiger partial charge on any atom is 0.237 e. The number of pyridine rings is 2. The van der Waals surface area contributed by atoms with Crippen molar-refractivity contribution in [3.63, 3.8) is 0 Å². The van der Waals surface area contributed by atoms with E-state index in [4.69, 9.17) is 4.98 Å². The summed E-state index contributed by atoms with van der Waals surface area (Å²) in [5.41, 5.74) is 7.25. The lowest BCUT2D eigenvalue weighted by atomic mass is 10.0. The van der Waals surface area contributed by atoms with Gasteiger partial charge >= 0.3 is 0 Å². The van der Waals surface area contributed by atoms with E-state index in [0.717, 1.165) is 5.52 Å². The third-order valence-corrected chi connectivity index (χ3v) is 5.40. The number of benzene rings is 2. The average molecular weight is 338 g/mol. The molecule has 3 aromatic heterocycles. The molecule has 0 saturated carbocycles. The van der Waals surface area contributed by atoms with Gasteiger partial charge < -0.3 is 4.57 Å². The lowest BCUT2D eigenvalue weighted by Crippen LogP contribution is -2.31. The molecule has 0 aliphatic carbocycles. The van der Waals surface area contributed by atoms with Crippen LogP contribution in [0.3, 0.4) is 0 Å². The fraction of sp³-hybridized carbons (Fsp3) is 0.130. The van der Waals surface area contributed by atoms with E-state index >= 15 is 0 Å². The summed E-state index contributed by atoms with van der Waals surface area (Å²) in [6.45, 7) is 2.17. The first-order chi connectivity index (χ1) is 12.7. The predicted octanol–water partition coefficient (Wildman–Crippen LogP) is 4.68. The molecule has 0 amide bonds. The molecule has 0 saturated heterocycles. The highest BCUT2D eigenvalue weighted by molar-refractivity contribution is 6.17. The van der Waals surface area contributed by atoms with Gasteiger partial charge in [-0.15, -0.1) is 0 Å². The van der Waals surface area contributed by atoms with E-state index in [9.17, 15) is 0 Å². The van der Waals surface area contributed by atoms with Crippen LogP contribution >= 0.6 is 0 Å². The number of hydrogen-bond donors (Lipinski definition) is 0. The van der Waals surface area contributed by atoms with Crippen LogP contribution < -0.4 is 4.57 Å². The third kappa shape index (κ3) is 1.94. The molecule has 5 rings (SSSR count). The topological polar surface area (TPSA) is 21.7 Å². The van der Waals surface area contributed by atoms with Crippen molar-refractivity contribution < 1.29 is 4.57 Å². The Morgan fingerprint density at radius 2 is 1.65 bits per heavy atom. The molecule has 0 unspecified atom stereocenters. The Bertz CT molecular complexity index is 1310. The van der Waals surface area contributed by atoms with Crippen molar-refractivity contribution in [3.05, 3.63) is 72.6 Å². The lowest BCUT2D eigenvalue weighted by molar-refractivity contribution is -0.659. The van der Waals surface area contributed by atoms with Crippen LogP contribution in [0, 0.1) is 6.92 Å². The van der Waals surface area contributed by atoms with Crippen LogP contribution in [-0.2, 0) is 14.1 Å². The van der Waals surface area contributed by atoms with E-state index < -0.39 is 0 Å². The first kappa shape index (κ1) is 15.1. The molecule has 0 fully saturated rings. The van der Waals surface area contributed by atoms with Crippen molar-refractivity contribution in [1.29, 1.82) is 0 Å². The van der Waals surface area contributed by atoms with Crippen LogP contribution in [0.5, 0.6) is 0 Å². The monoisotopic (exact) mass is 338 g/mol. The highest BCUT2D eigenvalue weighted by atomic mass is 15.0. The molecule has 0 bridgehead atoms. The summed E-state index contributed by atoms with van der Waals surface area (Å²) in [4.78, 5) is 4.82. The molecule has 0 aliphatic heterocycles. The summed E-state index contributed by atoms with van der Waals surface area (Å²) in [5.74, 6) is 0. The molecular formula is C23H20N3+. The van der Waals surface area contributed by atoms with Crippen LogP contribution in [0.4, 0.5) is 0 Å². The zero-order valence-corrected chi connectivity index (χ0v) is 15.2. The predicted molar refractivity (Wildman–Crippen MR) is 107 cm³/mol. The Balaban J connectivity index is 2.04. The molecule has 0 radical (unpaired) electrons. The Morgan fingerprint density at radius 1 is 0.885 bits per heavy atom. The minimum atomic E-state index is 1.07. The van der Waals surface area contributed by atoms with Gasteiger partial charge in [0, 0.05) is 35.5 Å². The molecule has 3 nitrogen and oxygen atoms in total. The van der Waals surface area contributed by atoms with Gasteiger partial charge in [0.05, 0.1) is 16.6 Å². The van der Waals surface area contributed by atoms with Gasteiger partial charge in [-0.1, -0.05) is 42.5 Å². The summed E-state index contributed by atoms with van der Waals surface area (Å²) in [6.07, 6.45) is 4.12. The molecule has 2 aromatic carbocycles. The van der Waals surface area contributed by atoms with E-state index in [1.54, 1.807) is 0 Å². The van der Waals surface area contributed by atoms with Crippen molar-refractivity contribution in [3.8, 4) is 11.3 Å². The van der Waals surface area contributed by atoms with Gasteiger partial charge in [-0.05, 0) is 18.6 Å². The van der Waals surface area contributed by atoms with Gasteiger partial charge in [-0.25, -0.2) is 0 Å². The fourth-order valence-corrected chi connectivity index (χ4v) is 4.12. The Morgan fingerprint density at radius 3 is 2.50 bits per heavy atom. The van der Waals surface area contributed by atoms with E-state index in [1.165, 1.54) is 44.0 Å². The van der Waals surface area contributed by atoms with Gasteiger partial charge in [0.2, 0.25) is 5.69 Å². The van der Waals surface area contributed by atoms with E-state index in [0.29, 0.717) is 0 Å². The molecule has 0 spiro atoms. The SMILES string of the molecule is Cc1ccccc1-c1c2c(cc[n+]1C)c1ncc3ccccc3c1n2C. The van der Waals surface area contributed by atoms with Crippen LogP contribution in [0.1, 0.15) is 5.56 Å². The lowest BCUT2D eigenvalue weighted by Gasteiger charge is -2.07. The van der Waals surface area contributed by atoms with Gasteiger partial charge in [-0.2, -0.15) is 4.57 Å². The molecule has 26 heavy (non-hydrogen) atoms. The number of nitrogens with zero attached hydrogens (tertiary/aromatic N) is 3. The third-order valence-electron chi connectivity index (χ3n) is 5.40. The van der Waals surface area contributed by atoms with Crippen molar-refractivity contribution in [1.82, 2.24) is 9.55 Å². The minimum Gasteiger partial charge on any atom is -0.336 e. The van der Waals surface area contributed by atoms with E-state index in [-0.39, 0.29) is 0 Å². The standard InChI is InChI=1S/C23H20N3/c1-15-8-4-6-10-17(15)22-23-19(12-13-25(22)2)20-21(26(23)3)18-11-7-5-9-16(18)14-24-20/h4-14H,1-3H3/q+1. The maximum atomic E-state index is 4.82. The highest BCUT2D eigenvalue weighted by Gasteiger charge is 2.23. The van der Waals surface area contributed by atoms with Crippen LogP contribution in [0.25, 0.3) is 44.0 Å². The first-order valence-corrected chi connectivity index (χ1v) is 8.87. The number of fused-ring (bicyclic) bond motifs is 5. The molecule has 0 aliphatic rings. The van der Waals surface area contributed by atoms with Crippen molar-refractivity contribution in [2.75, 3.05) is 0 Å². The second kappa shape index (κ2) is 5.40. The Hall–Kier alpha value is -3.20. The van der Waals surface area contributed by atoms with Crippen molar-refractivity contribution in [2.45, 2.75) is 6.92 Å². The number of hydrogen-bond acceptors (Lipinski definition) is 1. The smallest absolute Gasteiger partial charge is 0.237 e. The normalized spacial score (nSPS) is 11.7. The van der Waals surface area contributed by atoms with Crippen molar-refractivity contribution >= 4 is 32.7 Å². The van der Waals surface area contributed by atoms with Crippen molar-refractivity contribution in [2.24, 2.45) is 14.1 Å². The summed E-state index contributed by atoms with van der Waals surface area (Å²) in [5, 5.41) is 3.62. The molecule has 0 atom stereocenters. The van der Waals surface area contributed by atoms with Gasteiger partial charge in [-0.3, -0.25) is 4.98 Å². The van der Waals surface area contributed by atoms with Crippen LogP contribution in [0.15, 0.2) is 67.0 Å². The number of rotatable bonds is 1. The van der Waals surface area contributed by atoms with Gasteiger partial charge in [0.25, 0.3) is 0 Å². The number of aryl methyl sites for hydroxylation is 3. The number of aromatic nitrogens is 3. The molecule has 126 valence electrons. The second-order valence-electron chi connectivity index (χ2n) is 6.95. The van der Waals surface area contributed by atoms with Crippen LogP contribution in [-0.4, -0.2) is 9.55 Å². The molecule has 3 heteroatoms. The minimum absolute atomic E-state index is 1.07. The van der Waals surface area contributed by atoms with Crippen LogP contribution in [0.2, 0.25) is 0 Å². The highest BCUT2D eigenvalue weighted by Crippen LogP contribution is 2.35. The quantitative estimate of drug-likeness (QED) is 0.407. The zero-order valence-electron chi connectivity index (χ0n) is 15.2. The maximum absolute atomic E-state index is 4.82. The van der Waals surface area contributed by atoms with E-state index in [1.807, 2.05) is 6.20 Å². The molecule has 0 N–H and O–H groups in total. The molecule has 3 heterocycles. The molecule has 5 aromatic rings. The first-order valence-electron chi connectivity index (χ1n) is 8.87. The molecular weight excluding hydrogens is 318 g/mol. The van der Waals surface area contributed by atoms with Gasteiger partial charge in [0.15, 0.2) is 6.20 Å². The average Bonchev–Trinajstić information content (AvgIpc) is 2.95. The Kier molecular flexibility index (Phi) is 3.13.